The lowest BCUT2D eigenvalue weighted by Gasteiger charge is -2.06. The van der Waals surface area contributed by atoms with Gasteiger partial charge < -0.3 is 0 Å². The maximum atomic E-state index is 3.24. The van der Waals surface area contributed by atoms with E-state index in [-0.39, 0.29) is 0 Å². The maximum Gasteiger partial charge on any atom is 0.0249 e. The van der Waals surface area contributed by atoms with Crippen LogP contribution in [0, 0.1) is 23.7 Å². The van der Waals surface area contributed by atoms with E-state index in [2.05, 4.69) is 96.5 Å². The molecular formula is C36H26. The van der Waals surface area contributed by atoms with Crippen molar-refractivity contribution in [2.75, 3.05) is 0 Å². The van der Waals surface area contributed by atoms with Crippen LogP contribution in [-0.2, 0) is 12.8 Å². The molecule has 0 aliphatic carbocycles. The molecule has 0 aliphatic heterocycles. The zero-order chi connectivity index (χ0) is 24.4. The Hall–Kier alpha value is -4.78. The van der Waals surface area contributed by atoms with Crippen LogP contribution in [0.3, 0.4) is 0 Å². The summed E-state index contributed by atoms with van der Waals surface area (Å²) in [6, 6.07) is 46.2. The van der Waals surface area contributed by atoms with Gasteiger partial charge in [-0.15, -0.1) is 0 Å². The quantitative estimate of drug-likeness (QED) is 0.242. The van der Waals surface area contributed by atoms with Gasteiger partial charge in [-0.05, 0) is 83.6 Å². The predicted octanol–water partition coefficient (Wildman–Crippen LogP) is 7.67. The fourth-order valence-electron chi connectivity index (χ4n) is 3.99. The third kappa shape index (κ3) is 6.64. The number of benzene rings is 5. The van der Waals surface area contributed by atoms with Crippen molar-refractivity contribution < 1.29 is 0 Å². The highest BCUT2D eigenvalue weighted by atomic mass is 14.1. The first kappa shape index (κ1) is 23.0. The van der Waals surface area contributed by atoms with E-state index in [1.807, 2.05) is 60.7 Å². The Morgan fingerprint density at radius 1 is 0.278 bits per heavy atom. The molecule has 0 heteroatoms. The van der Waals surface area contributed by atoms with E-state index in [9.17, 15) is 0 Å². The third-order valence-corrected chi connectivity index (χ3v) is 6.00. The van der Waals surface area contributed by atoms with Crippen LogP contribution in [0.25, 0.3) is 0 Å². The highest BCUT2D eigenvalue weighted by Crippen LogP contribution is 2.15. The lowest BCUT2D eigenvalue weighted by atomic mass is 9.99. The fourth-order valence-corrected chi connectivity index (χ4v) is 3.99. The van der Waals surface area contributed by atoms with Crippen molar-refractivity contribution in [3.8, 4) is 23.7 Å². The van der Waals surface area contributed by atoms with E-state index in [0.29, 0.717) is 0 Å². The van der Waals surface area contributed by atoms with Crippen molar-refractivity contribution in [1.82, 2.24) is 0 Å². The van der Waals surface area contributed by atoms with Gasteiger partial charge in [0.1, 0.15) is 0 Å². The van der Waals surface area contributed by atoms with E-state index in [1.54, 1.807) is 0 Å². The first-order chi connectivity index (χ1) is 17.8. The molecular weight excluding hydrogens is 432 g/mol. The third-order valence-electron chi connectivity index (χ3n) is 6.00. The van der Waals surface area contributed by atoms with Crippen LogP contribution in [0.5, 0.6) is 0 Å². The molecule has 5 rings (SSSR count). The molecule has 36 heavy (non-hydrogen) atoms. The zero-order valence-corrected chi connectivity index (χ0v) is 20.1. The van der Waals surface area contributed by atoms with E-state index in [0.717, 1.165) is 35.1 Å². The predicted molar refractivity (Wildman–Crippen MR) is 150 cm³/mol. The molecule has 0 saturated heterocycles. The van der Waals surface area contributed by atoms with Gasteiger partial charge in [0.05, 0.1) is 0 Å². The average molecular weight is 459 g/mol. The Kier molecular flexibility index (Phi) is 7.39. The average Bonchev–Trinajstić information content (AvgIpc) is 2.94. The molecule has 170 valence electrons. The van der Waals surface area contributed by atoms with Crippen molar-refractivity contribution in [1.29, 1.82) is 0 Å². The minimum Gasteiger partial charge on any atom is -0.0622 e. The summed E-state index contributed by atoms with van der Waals surface area (Å²) in [6.45, 7) is 0. The van der Waals surface area contributed by atoms with Gasteiger partial charge in [0, 0.05) is 22.3 Å². The van der Waals surface area contributed by atoms with Gasteiger partial charge in [0.2, 0.25) is 0 Å². The Balaban J connectivity index is 1.16. The van der Waals surface area contributed by atoms with Crippen LogP contribution < -0.4 is 0 Å². The van der Waals surface area contributed by atoms with Crippen molar-refractivity contribution >= 4 is 0 Å². The van der Waals surface area contributed by atoms with Gasteiger partial charge in [0.25, 0.3) is 0 Å². The largest absolute Gasteiger partial charge is 0.0622 e. The van der Waals surface area contributed by atoms with Crippen molar-refractivity contribution in [2.24, 2.45) is 0 Å². The van der Waals surface area contributed by atoms with Gasteiger partial charge >= 0.3 is 0 Å². The Labute approximate surface area is 214 Å². The van der Waals surface area contributed by atoms with Crippen molar-refractivity contribution in [2.45, 2.75) is 12.8 Å². The number of hydrogen-bond donors (Lipinski definition) is 0. The van der Waals surface area contributed by atoms with Crippen LogP contribution in [0.1, 0.15) is 44.5 Å². The standard InChI is InChI=1S/C36H26/c1-3-7-29(8-4-1)11-13-31-15-19-33(20-16-31)27-35-23-25-36(26-24-35)28-34-21-17-32(18-22-34)14-12-30-9-5-2-6-10-30/h1-10,15-26H,27-28H2. The topological polar surface area (TPSA) is 0 Å². The van der Waals surface area contributed by atoms with Gasteiger partial charge in [-0.1, -0.05) is 109 Å². The molecule has 0 aliphatic rings. The Morgan fingerprint density at radius 3 is 0.833 bits per heavy atom. The SMILES string of the molecule is C(#Cc1ccc(Cc2ccc(Cc3ccc(C#Cc4ccccc4)cc3)cc2)cc1)c1ccccc1. The van der Waals surface area contributed by atoms with Crippen LogP contribution in [0.4, 0.5) is 0 Å². The molecule has 0 unspecified atom stereocenters. The van der Waals surface area contributed by atoms with Crippen LogP contribution >= 0.6 is 0 Å². The fraction of sp³-hybridized carbons (Fsp3) is 0.0556. The second-order valence-corrected chi connectivity index (χ2v) is 8.80. The van der Waals surface area contributed by atoms with Crippen molar-refractivity contribution in [3.05, 3.63) is 178 Å². The summed E-state index contributed by atoms with van der Waals surface area (Å²) in [6.07, 6.45) is 1.84. The van der Waals surface area contributed by atoms with Gasteiger partial charge in [-0.25, -0.2) is 0 Å². The molecule has 0 nitrogen and oxygen atoms in total. The van der Waals surface area contributed by atoms with Gasteiger partial charge in [-0.3, -0.25) is 0 Å². The van der Waals surface area contributed by atoms with Crippen LogP contribution in [0.15, 0.2) is 133 Å². The minimum absolute atomic E-state index is 0.918. The van der Waals surface area contributed by atoms with E-state index in [1.165, 1.54) is 22.3 Å². The number of hydrogen-bond acceptors (Lipinski definition) is 0. The highest BCUT2D eigenvalue weighted by Gasteiger charge is 2.00. The smallest absolute Gasteiger partial charge is 0.0249 e. The molecule has 0 N–H and O–H groups in total. The summed E-state index contributed by atoms with van der Waals surface area (Å²) < 4.78 is 0. The van der Waals surface area contributed by atoms with Crippen LogP contribution in [0.2, 0.25) is 0 Å². The monoisotopic (exact) mass is 458 g/mol. The molecule has 0 atom stereocenters. The maximum absolute atomic E-state index is 3.24. The second-order valence-electron chi connectivity index (χ2n) is 8.80. The van der Waals surface area contributed by atoms with E-state index < -0.39 is 0 Å². The molecule has 0 saturated carbocycles. The van der Waals surface area contributed by atoms with Crippen molar-refractivity contribution in [3.63, 3.8) is 0 Å². The molecule has 0 heterocycles. The molecule has 0 spiro atoms. The normalized spacial score (nSPS) is 10.0. The zero-order valence-electron chi connectivity index (χ0n) is 20.1. The molecule has 0 bridgehead atoms. The van der Waals surface area contributed by atoms with E-state index in [4.69, 9.17) is 0 Å². The van der Waals surface area contributed by atoms with Crippen LogP contribution in [-0.4, -0.2) is 0 Å². The lowest BCUT2D eigenvalue weighted by molar-refractivity contribution is 1.15. The minimum atomic E-state index is 0.918. The van der Waals surface area contributed by atoms with Gasteiger partial charge in [0.15, 0.2) is 0 Å². The summed E-state index contributed by atoms with van der Waals surface area (Å²) in [5.74, 6) is 12.9. The molecule has 0 aromatic heterocycles. The summed E-state index contributed by atoms with van der Waals surface area (Å²) >= 11 is 0. The first-order valence-corrected chi connectivity index (χ1v) is 12.2. The Bertz CT molecular complexity index is 1400. The van der Waals surface area contributed by atoms with E-state index >= 15 is 0 Å². The molecule has 0 radical (unpaired) electrons. The van der Waals surface area contributed by atoms with Gasteiger partial charge in [-0.2, -0.15) is 0 Å². The molecule has 5 aromatic rings. The summed E-state index contributed by atoms with van der Waals surface area (Å²) in [5, 5.41) is 0. The number of rotatable bonds is 4. The molecule has 0 fully saturated rings. The second kappa shape index (κ2) is 11.6. The summed E-state index contributed by atoms with van der Waals surface area (Å²) in [5.41, 5.74) is 9.36. The lowest BCUT2D eigenvalue weighted by Crippen LogP contribution is -1.92. The highest BCUT2D eigenvalue weighted by molar-refractivity contribution is 5.45. The summed E-state index contributed by atoms with van der Waals surface area (Å²) in [4.78, 5) is 0. The molecule has 0 amide bonds. The Morgan fingerprint density at radius 2 is 0.528 bits per heavy atom. The molecule has 5 aromatic carbocycles. The summed E-state index contributed by atoms with van der Waals surface area (Å²) in [7, 11) is 0. The first-order valence-electron chi connectivity index (χ1n) is 12.2.